The molecule has 0 aromatic rings. The van der Waals surface area contributed by atoms with Crippen molar-refractivity contribution >= 4 is 5.91 Å². The normalized spacial score (nSPS) is 28.9. The minimum absolute atomic E-state index is 0.346. The van der Waals surface area contributed by atoms with Gasteiger partial charge in [-0.2, -0.15) is 0 Å². The molecule has 0 aromatic carbocycles. The molecule has 1 amide bonds. The molecule has 1 saturated heterocycles. The Balaban J connectivity index is 1.32. The number of piperidine rings is 1. The molecule has 0 bridgehead atoms. The maximum absolute atomic E-state index is 12.3. The molecule has 1 heterocycles. The van der Waals surface area contributed by atoms with Gasteiger partial charge in [-0.05, 0) is 56.5 Å². The molecule has 1 N–H and O–H groups in total. The summed E-state index contributed by atoms with van der Waals surface area (Å²) in [7, 11) is 1.76. The monoisotopic (exact) mass is 294 g/mol. The molecule has 21 heavy (non-hydrogen) atoms. The summed E-state index contributed by atoms with van der Waals surface area (Å²) in [6.45, 7) is 5.06. The molecule has 3 fully saturated rings. The molecule has 2 aliphatic carbocycles. The summed E-state index contributed by atoms with van der Waals surface area (Å²) < 4.78 is 5.13. The number of ether oxygens (including phenoxy) is 1. The average Bonchev–Trinajstić information content (AvgIpc) is 3.01. The molecule has 2 saturated carbocycles. The predicted octanol–water partition coefficient (Wildman–Crippen LogP) is 2.04. The third-order valence-electron chi connectivity index (χ3n) is 5.99. The number of carbonyl (C=O) groups excluding carboxylic acids is 1. The minimum Gasteiger partial charge on any atom is -0.383 e. The number of likely N-dealkylation sites (tertiary alicyclic amines) is 1. The number of methoxy groups -OCH3 is 1. The Hall–Kier alpha value is -0.610. The molecule has 1 spiro atoms. The van der Waals surface area contributed by atoms with E-state index >= 15 is 0 Å². The van der Waals surface area contributed by atoms with E-state index in [1.165, 1.54) is 38.5 Å². The van der Waals surface area contributed by atoms with E-state index in [-0.39, 0.29) is 0 Å². The fraction of sp³-hybridized carbons (Fsp3) is 0.941. The summed E-state index contributed by atoms with van der Waals surface area (Å²) in [5.74, 6) is 1.37. The van der Waals surface area contributed by atoms with E-state index in [2.05, 4.69) is 10.2 Å². The van der Waals surface area contributed by atoms with Gasteiger partial charge in [-0.3, -0.25) is 4.79 Å². The summed E-state index contributed by atoms with van der Waals surface area (Å²) in [6, 6.07) is 0. The van der Waals surface area contributed by atoms with Crippen molar-refractivity contribution in [2.75, 3.05) is 39.9 Å². The molecular formula is C17H30N2O2. The third-order valence-corrected chi connectivity index (χ3v) is 5.99. The number of nitrogens with zero attached hydrogens (tertiary/aromatic N) is 1. The second-order valence-corrected chi connectivity index (χ2v) is 7.35. The molecule has 4 nitrogen and oxygen atoms in total. The van der Waals surface area contributed by atoms with Crippen molar-refractivity contribution < 1.29 is 9.53 Å². The van der Waals surface area contributed by atoms with Crippen LogP contribution in [0.1, 0.15) is 44.9 Å². The topological polar surface area (TPSA) is 41.6 Å². The van der Waals surface area contributed by atoms with Gasteiger partial charge in [-0.25, -0.2) is 0 Å². The highest BCUT2D eigenvalue weighted by Crippen LogP contribution is 2.62. The van der Waals surface area contributed by atoms with Crippen LogP contribution in [0.15, 0.2) is 0 Å². The van der Waals surface area contributed by atoms with E-state index < -0.39 is 0 Å². The van der Waals surface area contributed by atoms with Crippen LogP contribution in [0.25, 0.3) is 0 Å². The largest absolute Gasteiger partial charge is 0.383 e. The summed E-state index contributed by atoms with van der Waals surface area (Å²) in [5, 5.41) is 3.24. The van der Waals surface area contributed by atoms with Crippen molar-refractivity contribution in [2.45, 2.75) is 44.9 Å². The molecule has 0 aromatic heterocycles. The molecule has 1 aliphatic heterocycles. The van der Waals surface area contributed by atoms with Gasteiger partial charge in [0, 0.05) is 26.1 Å². The quantitative estimate of drug-likeness (QED) is 0.815. The van der Waals surface area contributed by atoms with Gasteiger partial charge in [0.15, 0.2) is 0 Å². The number of carbonyl (C=O) groups is 1. The first-order valence-electron chi connectivity index (χ1n) is 8.72. The summed E-state index contributed by atoms with van der Waals surface area (Å²) in [5.41, 5.74) is 0.438. The van der Waals surface area contributed by atoms with Crippen molar-refractivity contribution in [3.05, 3.63) is 0 Å². The van der Waals surface area contributed by atoms with Gasteiger partial charge >= 0.3 is 0 Å². The lowest BCUT2D eigenvalue weighted by Crippen LogP contribution is -2.40. The van der Waals surface area contributed by atoms with Crippen LogP contribution >= 0.6 is 0 Å². The molecule has 3 aliphatic rings. The maximum atomic E-state index is 12.3. The maximum Gasteiger partial charge on any atom is 0.223 e. The summed E-state index contributed by atoms with van der Waals surface area (Å²) in [6.07, 6.45) is 8.84. The van der Waals surface area contributed by atoms with Crippen LogP contribution in [0, 0.1) is 17.3 Å². The summed E-state index contributed by atoms with van der Waals surface area (Å²) in [4.78, 5) is 14.7. The Bertz CT molecular complexity index is 358. The van der Waals surface area contributed by atoms with Crippen LogP contribution in [-0.4, -0.2) is 50.7 Å². The van der Waals surface area contributed by atoms with Crippen LogP contribution in [0.2, 0.25) is 0 Å². The molecular weight excluding hydrogens is 264 g/mol. The van der Waals surface area contributed by atoms with Crippen molar-refractivity contribution in [1.29, 1.82) is 0 Å². The highest BCUT2D eigenvalue weighted by atomic mass is 16.5. The molecule has 0 radical (unpaired) electrons. The predicted molar refractivity (Wildman–Crippen MR) is 83.1 cm³/mol. The van der Waals surface area contributed by atoms with E-state index in [0.29, 0.717) is 23.2 Å². The number of rotatable bonds is 6. The van der Waals surface area contributed by atoms with Gasteiger partial charge < -0.3 is 15.0 Å². The highest BCUT2D eigenvalue weighted by Gasteiger charge is 2.58. The number of nitrogens with one attached hydrogen (secondary N) is 1. The Morgan fingerprint density at radius 1 is 1.29 bits per heavy atom. The summed E-state index contributed by atoms with van der Waals surface area (Å²) >= 11 is 0. The molecule has 3 rings (SSSR count). The fourth-order valence-corrected chi connectivity index (χ4v) is 4.35. The lowest BCUT2D eigenvalue weighted by atomic mass is 9.96. The van der Waals surface area contributed by atoms with Crippen LogP contribution in [0.3, 0.4) is 0 Å². The Morgan fingerprint density at radius 2 is 2.00 bits per heavy atom. The second-order valence-electron chi connectivity index (χ2n) is 7.35. The Kier molecular flexibility index (Phi) is 4.85. The molecule has 120 valence electrons. The number of amides is 1. The van der Waals surface area contributed by atoms with Crippen molar-refractivity contribution in [3.63, 3.8) is 0 Å². The first kappa shape index (κ1) is 15.3. The lowest BCUT2D eigenvalue weighted by molar-refractivity contribution is -0.123. The van der Waals surface area contributed by atoms with Gasteiger partial charge in [0.05, 0.1) is 6.61 Å². The van der Waals surface area contributed by atoms with E-state index in [0.717, 1.165) is 39.2 Å². The van der Waals surface area contributed by atoms with E-state index in [1.54, 1.807) is 7.11 Å². The molecule has 1 atom stereocenters. The van der Waals surface area contributed by atoms with Crippen LogP contribution in [0.5, 0.6) is 0 Å². The molecule has 1 unspecified atom stereocenters. The fourth-order valence-electron chi connectivity index (χ4n) is 4.35. The second kappa shape index (κ2) is 6.66. The first-order valence-corrected chi connectivity index (χ1v) is 8.72. The van der Waals surface area contributed by atoms with Gasteiger partial charge in [0.1, 0.15) is 0 Å². The minimum atomic E-state index is 0.346. The third kappa shape index (κ3) is 3.59. The van der Waals surface area contributed by atoms with E-state index in [1.807, 2.05) is 0 Å². The van der Waals surface area contributed by atoms with Crippen molar-refractivity contribution in [1.82, 2.24) is 10.2 Å². The van der Waals surface area contributed by atoms with Gasteiger partial charge in [0.2, 0.25) is 5.91 Å². The molecule has 4 heteroatoms. The van der Waals surface area contributed by atoms with Crippen LogP contribution < -0.4 is 5.32 Å². The Labute approximate surface area is 128 Å². The lowest BCUT2D eigenvalue weighted by Gasteiger charge is -2.31. The van der Waals surface area contributed by atoms with Gasteiger partial charge in [0.25, 0.3) is 0 Å². The van der Waals surface area contributed by atoms with E-state index in [4.69, 9.17) is 4.74 Å². The van der Waals surface area contributed by atoms with Gasteiger partial charge in [-0.1, -0.05) is 12.8 Å². The van der Waals surface area contributed by atoms with Gasteiger partial charge in [-0.15, -0.1) is 0 Å². The zero-order valence-electron chi connectivity index (χ0n) is 13.4. The van der Waals surface area contributed by atoms with Crippen molar-refractivity contribution in [2.24, 2.45) is 17.3 Å². The zero-order valence-corrected chi connectivity index (χ0v) is 13.4. The van der Waals surface area contributed by atoms with Crippen molar-refractivity contribution in [3.8, 4) is 0 Å². The van der Waals surface area contributed by atoms with Crippen LogP contribution in [0.4, 0.5) is 0 Å². The highest BCUT2D eigenvalue weighted by molar-refractivity contribution is 5.82. The standard InChI is InChI=1S/C17H30N2O2/c1-21-11-10-19-8-4-14(5-9-19)13-18-16(20)15-12-17(15)6-2-3-7-17/h14-15H,2-13H2,1H3,(H,18,20). The average molecular weight is 294 g/mol. The zero-order chi connectivity index (χ0) is 14.7. The number of hydrogen-bond acceptors (Lipinski definition) is 3. The smallest absolute Gasteiger partial charge is 0.223 e. The van der Waals surface area contributed by atoms with Crippen LogP contribution in [-0.2, 0) is 9.53 Å². The van der Waals surface area contributed by atoms with E-state index in [9.17, 15) is 4.79 Å². The number of hydrogen-bond donors (Lipinski definition) is 1. The first-order chi connectivity index (χ1) is 10.2. The Morgan fingerprint density at radius 3 is 2.67 bits per heavy atom. The SMILES string of the molecule is COCCN1CCC(CNC(=O)C2CC23CCCC3)CC1.